The van der Waals surface area contributed by atoms with E-state index in [0.717, 1.165) is 6.54 Å². The summed E-state index contributed by atoms with van der Waals surface area (Å²) in [7, 11) is 2.11. The summed E-state index contributed by atoms with van der Waals surface area (Å²) in [4.78, 5) is 2.20. The van der Waals surface area contributed by atoms with Gasteiger partial charge in [0.15, 0.2) is 0 Å². The maximum atomic E-state index is 3.81. The Hall–Kier alpha value is -2.00. The Bertz CT molecular complexity index is 716. The van der Waals surface area contributed by atoms with Gasteiger partial charge in [0.25, 0.3) is 0 Å². The molecule has 0 radical (unpaired) electrons. The summed E-state index contributed by atoms with van der Waals surface area (Å²) in [5, 5.41) is 4.60. The molecule has 0 saturated carbocycles. The number of fused-ring (bicyclic) bond motifs is 1. The molecule has 2 nitrogen and oxygen atoms in total. The summed E-state index contributed by atoms with van der Waals surface area (Å²) in [6, 6.07) is 12.8. The average molecular weight is 281 g/mol. The zero-order valence-electron chi connectivity index (χ0n) is 11.5. The van der Waals surface area contributed by atoms with Crippen LogP contribution in [0.15, 0.2) is 65.7 Å². The third-order valence-electron chi connectivity index (χ3n) is 3.43. The maximum Gasteiger partial charge on any atom is 0.212 e. The second-order valence-electron chi connectivity index (χ2n) is 4.70. The predicted octanol–water partition coefficient (Wildman–Crippen LogP) is 3.67. The fourth-order valence-electron chi connectivity index (χ4n) is 2.35. The van der Waals surface area contributed by atoms with Gasteiger partial charge in [-0.2, -0.15) is 4.57 Å². The van der Waals surface area contributed by atoms with Gasteiger partial charge >= 0.3 is 0 Å². The van der Waals surface area contributed by atoms with Crippen molar-refractivity contribution < 1.29 is 4.57 Å². The lowest BCUT2D eigenvalue weighted by atomic mass is 10.2. The Balaban J connectivity index is 2.03. The highest BCUT2D eigenvalue weighted by Gasteiger charge is 2.15. The SMILES string of the molecule is C=CCN1C=CSC1=Cc1ccc2ccccc2[n+]1C. The summed E-state index contributed by atoms with van der Waals surface area (Å²) < 4.78 is 2.23. The van der Waals surface area contributed by atoms with Crippen molar-refractivity contribution in [3.05, 3.63) is 71.4 Å². The quantitative estimate of drug-likeness (QED) is 0.626. The molecule has 2 aromatic rings. The van der Waals surface area contributed by atoms with Crippen molar-refractivity contribution in [2.75, 3.05) is 6.54 Å². The Labute approximate surface area is 123 Å². The molecule has 0 N–H and O–H groups in total. The number of pyridine rings is 1. The molecule has 1 aromatic heterocycles. The lowest BCUT2D eigenvalue weighted by Gasteiger charge is -2.14. The summed E-state index contributed by atoms with van der Waals surface area (Å²) in [6.45, 7) is 4.65. The smallest absolute Gasteiger partial charge is 0.212 e. The van der Waals surface area contributed by atoms with Crippen LogP contribution in [0.4, 0.5) is 0 Å². The zero-order chi connectivity index (χ0) is 13.9. The van der Waals surface area contributed by atoms with Crippen molar-refractivity contribution in [3.63, 3.8) is 0 Å². The summed E-state index contributed by atoms with van der Waals surface area (Å²) in [5.41, 5.74) is 2.44. The van der Waals surface area contributed by atoms with E-state index in [1.54, 1.807) is 11.8 Å². The van der Waals surface area contributed by atoms with Gasteiger partial charge in [-0.1, -0.05) is 30.0 Å². The lowest BCUT2D eigenvalue weighted by Crippen LogP contribution is -2.32. The van der Waals surface area contributed by atoms with Crippen LogP contribution in [0.2, 0.25) is 0 Å². The highest BCUT2D eigenvalue weighted by molar-refractivity contribution is 8.06. The van der Waals surface area contributed by atoms with E-state index in [1.165, 1.54) is 21.6 Å². The molecule has 3 rings (SSSR count). The Morgan fingerprint density at radius 3 is 2.95 bits per heavy atom. The van der Waals surface area contributed by atoms with Crippen molar-refractivity contribution in [3.8, 4) is 0 Å². The number of hydrogen-bond acceptors (Lipinski definition) is 2. The van der Waals surface area contributed by atoms with Gasteiger partial charge in [0.1, 0.15) is 7.05 Å². The number of aryl methyl sites for hydroxylation is 1. The highest BCUT2D eigenvalue weighted by Crippen LogP contribution is 2.30. The molecule has 1 aliphatic rings. The molecule has 1 aliphatic heterocycles. The van der Waals surface area contributed by atoms with E-state index < -0.39 is 0 Å². The maximum absolute atomic E-state index is 3.81. The van der Waals surface area contributed by atoms with E-state index in [9.17, 15) is 0 Å². The topological polar surface area (TPSA) is 7.12 Å². The van der Waals surface area contributed by atoms with Gasteiger partial charge in [-0.05, 0) is 17.5 Å². The van der Waals surface area contributed by atoms with Crippen LogP contribution in [0.25, 0.3) is 17.0 Å². The van der Waals surface area contributed by atoms with Crippen LogP contribution in [0, 0.1) is 0 Å². The summed E-state index contributed by atoms with van der Waals surface area (Å²) in [5.74, 6) is 0. The fraction of sp³-hybridized carbons (Fsp3) is 0.118. The van der Waals surface area contributed by atoms with Crippen LogP contribution in [-0.2, 0) is 7.05 Å². The van der Waals surface area contributed by atoms with Crippen molar-refractivity contribution in [1.82, 2.24) is 4.90 Å². The van der Waals surface area contributed by atoms with Crippen molar-refractivity contribution in [2.45, 2.75) is 0 Å². The van der Waals surface area contributed by atoms with Crippen LogP contribution in [0.5, 0.6) is 0 Å². The van der Waals surface area contributed by atoms with E-state index in [-0.39, 0.29) is 0 Å². The molecule has 0 unspecified atom stereocenters. The Morgan fingerprint density at radius 2 is 2.10 bits per heavy atom. The molecular weight excluding hydrogens is 264 g/mol. The van der Waals surface area contributed by atoms with E-state index in [2.05, 4.69) is 77.2 Å². The van der Waals surface area contributed by atoms with Crippen LogP contribution < -0.4 is 4.57 Å². The molecule has 0 spiro atoms. The molecule has 0 aliphatic carbocycles. The van der Waals surface area contributed by atoms with Crippen LogP contribution in [0.3, 0.4) is 0 Å². The van der Waals surface area contributed by atoms with Gasteiger partial charge in [-0.15, -0.1) is 6.58 Å². The monoisotopic (exact) mass is 281 g/mol. The number of aromatic nitrogens is 1. The number of benzene rings is 1. The van der Waals surface area contributed by atoms with Crippen LogP contribution >= 0.6 is 11.8 Å². The Morgan fingerprint density at radius 1 is 1.25 bits per heavy atom. The van der Waals surface area contributed by atoms with Crippen LogP contribution in [0.1, 0.15) is 5.69 Å². The molecule has 0 fully saturated rings. The van der Waals surface area contributed by atoms with Gasteiger partial charge in [0, 0.05) is 36.3 Å². The van der Waals surface area contributed by atoms with Crippen LogP contribution in [-0.4, -0.2) is 11.4 Å². The van der Waals surface area contributed by atoms with Gasteiger partial charge in [0.05, 0.1) is 5.03 Å². The second kappa shape index (κ2) is 5.55. The number of nitrogens with zero attached hydrogens (tertiary/aromatic N) is 2. The molecule has 0 atom stereocenters. The molecule has 0 saturated heterocycles. The molecule has 0 amide bonds. The Kier molecular flexibility index (Phi) is 3.61. The van der Waals surface area contributed by atoms with E-state index >= 15 is 0 Å². The first kappa shape index (κ1) is 13.0. The minimum Gasteiger partial charge on any atom is -0.338 e. The number of para-hydroxylation sites is 1. The third-order valence-corrected chi connectivity index (χ3v) is 4.28. The lowest BCUT2D eigenvalue weighted by molar-refractivity contribution is -0.646. The first-order valence-electron chi connectivity index (χ1n) is 6.60. The molecule has 0 bridgehead atoms. The minimum absolute atomic E-state index is 0.840. The molecular formula is C17H17N2S+. The molecule has 1 aromatic carbocycles. The molecule has 20 heavy (non-hydrogen) atoms. The fourth-order valence-corrected chi connectivity index (χ4v) is 3.16. The predicted molar refractivity (Wildman–Crippen MR) is 86.7 cm³/mol. The number of thioether (sulfide) groups is 1. The van der Waals surface area contributed by atoms with Gasteiger partial charge in [-0.3, -0.25) is 0 Å². The summed E-state index contributed by atoms with van der Waals surface area (Å²) in [6.07, 6.45) is 6.24. The number of rotatable bonds is 3. The zero-order valence-corrected chi connectivity index (χ0v) is 12.3. The highest BCUT2D eigenvalue weighted by atomic mass is 32.2. The normalized spacial score (nSPS) is 16.2. The third kappa shape index (κ3) is 2.37. The largest absolute Gasteiger partial charge is 0.338 e. The van der Waals surface area contributed by atoms with Gasteiger partial charge in [-0.25, -0.2) is 0 Å². The van der Waals surface area contributed by atoms with E-state index in [1.807, 2.05) is 6.08 Å². The standard InChI is InChI=1S/C17H17N2S/c1-3-10-19-11-12-20-17(19)13-15-9-8-14-6-4-5-7-16(14)18(15)2/h3-9,11-13H,1,10H2,2H3/q+1. The minimum atomic E-state index is 0.840. The molecule has 100 valence electrons. The van der Waals surface area contributed by atoms with E-state index in [0.29, 0.717) is 0 Å². The molecule has 2 heterocycles. The first-order chi connectivity index (χ1) is 9.79. The molecule has 3 heteroatoms. The van der Waals surface area contributed by atoms with E-state index in [4.69, 9.17) is 0 Å². The second-order valence-corrected chi connectivity index (χ2v) is 5.63. The van der Waals surface area contributed by atoms with Crippen molar-refractivity contribution in [1.29, 1.82) is 0 Å². The van der Waals surface area contributed by atoms with Crippen molar-refractivity contribution in [2.24, 2.45) is 7.05 Å². The van der Waals surface area contributed by atoms with Crippen molar-refractivity contribution >= 4 is 28.7 Å². The number of hydrogen-bond donors (Lipinski definition) is 0. The van der Waals surface area contributed by atoms with Gasteiger partial charge < -0.3 is 4.90 Å². The summed E-state index contributed by atoms with van der Waals surface area (Å²) >= 11 is 1.74. The first-order valence-corrected chi connectivity index (χ1v) is 7.48. The van der Waals surface area contributed by atoms with Gasteiger partial charge in [0.2, 0.25) is 11.2 Å². The average Bonchev–Trinajstić information content (AvgIpc) is 2.90.